The number of hydrogen-bond donors (Lipinski definition) is 1. The van der Waals surface area contributed by atoms with Crippen molar-refractivity contribution in [2.75, 3.05) is 24.6 Å². The topological polar surface area (TPSA) is 80.5 Å². The van der Waals surface area contributed by atoms with Crippen LogP contribution >= 0.6 is 0 Å². The summed E-state index contributed by atoms with van der Waals surface area (Å²) in [5.41, 5.74) is 5.44. The van der Waals surface area contributed by atoms with Gasteiger partial charge in [-0.25, -0.2) is 8.42 Å². The van der Waals surface area contributed by atoms with E-state index in [1.165, 1.54) is 0 Å². The van der Waals surface area contributed by atoms with Crippen molar-refractivity contribution in [1.82, 2.24) is 4.90 Å². The molecule has 0 aromatic carbocycles. The van der Waals surface area contributed by atoms with Gasteiger partial charge in [0.05, 0.1) is 11.5 Å². The van der Waals surface area contributed by atoms with Gasteiger partial charge in [0.15, 0.2) is 9.84 Å². The molecular formula is C11H22N2O3S. The molecule has 17 heavy (non-hydrogen) atoms. The van der Waals surface area contributed by atoms with Crippen LogP contribution in [0.2, 0.25) is 0 Å². The summed E-state index contributed by atoms with van der Waals surface area (Å²) in [7, 11) is -2.94. The highest BCUT2D eigenvalue weighted by Gasteiger charge is 2.34. The van der Waals surface area contributed by atoms with Gasteiger partial charge in [-0.15, -0.1) is 0 Å². The maximum absolute atomic E-state index is 12.1. The van der Waals surface area contributed by atoms with Crippen LogP contribution in [0.15, 0.2) is 0 Å². The molecule has 1 amide bonds. The van der Waals surface area contributed by atoms with Gasteiger partial charge in [0.2, 0.25) is 5.91 Å². The van der Waals surface area contributed by atoms with Crippen LogP contribution in [0.1, 0.15) is 26.7 Å². The molecule has 5 nitrogen and oxygen atoms in total. The molecule has 0 spiro atoms. The number of carbonyl (C=O) groups is 1. The lowest BCUT2D eigenvalue weighted by Gasteiger charge is -2.29. The molecule has 0 bridgehead atoms. The van der Waals surface area contributed by atoms with Crippen molar-refractivity contribution in [2.45, 2.75) is 32.7 Å². The molecular weight excluding hydrogens is 240 g/mol. The van der Waals surface area contributed by atoms with E-state index in [0.29, 0.717) is 25.9 Å². The highest BCUT2D eigenvalue weighted by Crippen LogP contribution is 2.20. The third-order valence-corrected chi connectivity index (χ3v) is 5.04. The van der Waals surface area contributed by atoms with Gasteiger partial charge in [-0.2, -0.15) is 0 Å². The lowest BCUT2D eigenvalue weighted by molar-refractivity contribution is -0.136. The molecule has 2 unspecified atom stereocenters. The van der Waals surface area contributed by atoms with E-state index in [4.69, 9.17) is 5.73 Å². The van der Waals surface area contributed by atoms with Crippen LogP contribution < -0.4 is 5.73 Å². The van der Waals surface area contributed by atoms with Crippen molar-refractivity contribution in [2.24, 2.45) is 11.7 Å². The van der Waals surface area contributed by atoms with E-state index >= 15 is 0 Å². The molecule has 1 aliphatic rings. The molecule has 1 aliphatic heterocycles. The molecule has 2 N–H and O–H groups in total. The minimum atomic E-state index is -2.94. The number of sulfone groups is 1. The molecule has 0 aliphatic carbocycles. The Kier molecular flexibility index (Phi) is 4.94. The minimum absolute atomic E-state index is 0.0278. The van der Waals surface area contributed by atoms with Crippen LogP contribution in [-0.4, -0.2) is 49.9 Å². The van der Waals surface area contributed by atoms with E-state index in [1.807, 2.05) is 13.8 Å². The lowest BCUT2D eigenvalue weighted by atomic mass is 10.0. The Morgan fingerprint density at radius 2 is 2.18 bits per heavy atom. The zero-order valence-corrected chi connectivity index (χ0v) is 11.4. The van der Waals surface area contributed by atoms with Gasteiger partial charge in [-0.3, -0.25) is 4.79 Å². The predicted octanol–water partition coefficient (Wildman–Crippen LogP) is 0.00690. The van der Waals surface area contributed by atoms with Crippen LogP contribution in [0.25, 0.3) is 0 Å². The average Bonchev–Trinajstić information content (AvgIpc) is 2.60. The third kappa shape index (κ3) is 3.67. The minimum Gasteiger partial charge on any atom is -0.339 e. The van der Waals surface area contributed by atoms with Gasteiger partial charge in [-0.1, -0.05) is 6.92 Å². The van der Waals surface area contributed by atoms with Crippen LogP contribution in [0.5, 0.6) is 0 Å². The zero-order valence-electron chi connectivity index (χ0n) is 10.6. The highest BCUT2D eigenvalue weighted by atomic mass is 32.2. The van der Waals surface area contributed by atoms with Crippen LogP contribution in [0.4, 0.5) is 0 Å². The van der Waals surface area contributed by atoms with Crippen LogP contribution in [0.3, 0.4) is 0 Å². The standard InChI is InChI=1S/C11H22N2O3S/c1-3-13(11(14)9(2)4-6-12)10-5-7-17(15,16)8-10/h9-10H,3-8,12H2,1-2H3. The molecule has 0 saturated carbocycles. The van der Waals surface area contributed by atoms with Gasteiger partial charge in [0, 0.05) is 18.5 Å². The second kappa shape index (κ2) is 5.82. The number of amides is 1. The summed E-state index contributed by atoms with van der Waals surface area (Å²) in [5.74, 6) is 0.220. The van der Waals surface area contributed by atoms with Gasteiger partial charge >= 0.3 is 0 Å². The van der Waals surface area contributed by atoms with E-state index in [2.05, 4.69) is 0 Å². The van der Waals surface area contributed by atoms with E-state index in [1.54, 1.807) is 4.90 Å². The molecule has 1 fully saturated rings. The largest absolute Gasteiger partial charge is 0.339 e. The molecule has 1 rings (SSSR count). The number of nitrogens with two attached hydrogens (primary N) is 1. The first-order chi connectivity index (χ1) is 7.91. The second-order valence-electron chi connectivity index (χ2n) is 4.66. The summed E-state index contributed by atoms with van der Waals surface area (Å²) in [6, 6.07) is -0.141. The van der Waals surface area contributed by atoms with E-state index in [0.717, 1.165) is 0 Å². The number of rotatable bonds is 5. The molecule has 1 heterocycles. The van der Waals surface area contributed by atoms with E-state index in [-0.39, 0.29) is 29.4 Å². The Labute approximate surface area is 103 Å². The lowest BCUT2D eigenvalue weighted by Crippen LogP contribution is -2.43. The van der Waals surface area contributed by atoms with Gasteiger partial charge in [0.25, 0.3) is 0 Å². The van der Waals surface area contributed by atoms with Crippen LogP contribution in [-0.2, 0) is 14.6 Å². The van der Waals surface area contributed by atoms with Crippen molar-refractivity contribution in [3.63, 3.8) is 0 Å². The fourth-order valence-electron chi connectivity index (χ4n) is 2.27. The number of hydrogen-bond acceptors (Lipinski definition) is 4. The predicted molar refractivity (Wildman–Crippen MR) is 67.3 cm³/mol. The van der Waals surface area contributed by atoms with E-state index in [9.17, 15) is 13.2 Å². The smallest absolute Gasteiger partial charge is 0.225 e. The third-order valence-electron chi connectivity index (χ3n) is 3.29. The van der Waals surface area contributed by atoms with Crippen molar-refractivity contribution < 1.29 is 13.2 Å². The SMILES string of the molecule is CCN(C(=O)C(C)CCN)C1CCS(=O)(=O)C1. The summed E-state index contributed by atoms with van der Waals surface area (Å²) < 4.78 is 22.8. The Balaban J connectivity index is 2.69. The first-order valence-corrected chi connectivity index (χ1v) is 7.94. The first kappa shape index (κ1) is 14.4. The van der Waals surface area contributed by atoms with Crippen molar-refractivity contribution in [3.05, 3.63) is 0 Å². The molecule has 100 valence electrons. The summed E-state index contributed by atoms with van der Waals surface area (Å²) in [6.45, 7) is 4.78. The quantitative estimate of drug-likeness (QED) is 0.756. The Morgan fingerprint density at radius 1 is 1.53 bits per heavy atom. The maximum Gasteiger partial charge on any atom is 0.225 e. The van der Waals surface area contributed by atoms with E-state index < -0.39 is 9.84 Å². The summed E-state index contributed by atoms with van der Waals surface area (Å²) in [4.78, 5) is 13.8. The summed E-state index contributed by atoms with van der Waals surface area (Å²) >= 11 is 0. The fourth-order valence-corrected chi connectivity index (χ4v) is 4.00. The molecule has 0 radical (unpaired) electrons. The second-order valence-corrected chi connectivity index (χ2v) is 6.89. The normalized spacial score (nSPS) is 24.5. The highest BCUT2D eigenvalue weighted by molar-refractivity contribution is 7.91. The molecule has 0 aromatic rings. The first-order valence-electron chi connectivity index (χ1n) is 6.12. The molecule has 0 aromatic heterocycles. The number of nitrogens with zero attached hydrogens (tertiary/aromatic N) is 1. The van der Waals surface area contributed by atoms with Crippen molar-refractivity contribution in [1.29, 1.82) is 0 Å². The van der Waals surface area contributed by atoms with Gasteiger partial charge in [-0.05, 0) is 26.3 Å². The van der Waals surface area contributed by atoms with Crippen molar-refractivity contribution >= 4 is 15.7 Å². The molecule has 1 saturated heterocycles. The van der Waals surface area contributed by atoms with Crippen molar-refractivity contribution in [3.8, 4) is 0 Å². The van der Waals surface area contributed by atoms with Gasteiger partial charge in [0.1, 0.15) is 0 Å². The Hall–Kier alpha value is -0.620. The monoisotopic (exact) mass is 262 g/mol. The zero-order chi connectivity index (χ0) is 13.1. The summed E-state index contributed by atoms with van der Waals surface area (Å²) in [6.07, 6.45) is 1.21. The average molecular weight is 262 g/mol. The maximum atomic E-state index is 12.1. The Morgan fingerprint density at radius 3 is 2.59 bits per heavy atom. The molecule has 6 heteroatoms. The molecule has 2 atom stereocenters. The Bertz CT molecular complexity index is 367. The summed E-state index contributed by atoms with van der Waals surface area (Å²) in [5, 5.41) is 0. The number of carbonyl (C=O) groups excluding carboxylic acids is 1. The fraction of sp³-hybridized carbons (Fsp3) is 0.909. The van der Waals surface area contributed by atoms with Gasteiger partial charge < -0.3 is 10.6 Å². The van der Waals surface area contributed by atoms with Crippen LogP contribution in [0, 0.1) is 5.92 Å².